The molecule has 2 aliphatic heterocycles. The summed E-state index contributed by atoms with van der Waals surface area (Å²) in [6.07, 6.45) is 44.1. The van der Waals surface area contributed by atoms with Crippen LogP contribution in [0.3, 0.4) is 0 Å². The number of unbranched alkanes of at least 4 members (excludes halogenated alkanes) is 44. The highest BCUT2D eigenvalue weighted by Crippen LogP contribution is 2.30. The lowest BCUT2D eigenvalue weighted by Gasteiger charge is -2.46. The van der Waals surface area contributed by atoms with Crippen LogP contribution in [-0.4, -0.2) is 140 Å². The number of hydrogen-bond donors (Lipinski definition) is 9. The molecule has 0 aliphatic carbocycles. The molecule has 0 spiro atoms. The van der Waals surface area contributed by atoms with Crippen molar-refractivity contribution < 1.29 is 64.6 Å². The molecule has 2 aliphatic rings. The van der Waals surface area contributed by atoms with Crippen LogP contribution in [0.5, 0.6) is 0 Å². The normalized spacial score (nSPS) is 24.1. The van der Waals surface area contributed by atoms with E-state index in [1.54, 1.807) is 0 Å². The summed E-state index contributed by atoms with van der Waals surface area (Å²) in [5, 5.41) is 87.4. The van der Waals surface area contributed by atoms with E-state index < -0.39 is 86.8 Å². The number of carbonyl (C=O) groups is 1. The average Bonchev–Trinajstić information content (AvgIpc) is 3.46. The van der Waals surface area contributed by atoms with Gasteiger partial charge in [0.15, 0.2) is 12.6 Å². The van der Waals surface area contributed by atoms with Crippen molar-refractivity contribution in [1.29, 1.82) is 0 Å². The van der Waals surface area contributed by atoms with Gasteiger partial charge >= 0.3 is 0 Å². The molecule has 14 heteroatoms. The number of ether oxygens (including phenoxy) is 4. The zero-order chi connectivity index (χ0) is 58.1. The van der Waals surface area contributed by atoms with Gasteiger partial charge < -0.3 is 65.1 Å². The van der Waals surface area contributed by atoms with E-state index in [9.17, 15) is 45.6 Å². The maximum Gasteiger partial charge on any atom is 0.220 e. The van der Waals surface area contributed by atoms with Gasteiger partial charge in [0, 0.05) is 6.42 Å². The first-order valence-corrected chi connectivity index (χ1v) is 34.3. The molecule has 0 saturated carbocycles. The van der Waals surface area contributed by atoms with Gasteiger partial charge in [0.25, 0.3) is 0 Å². The minimum atomic E-state index is -1.78. The van der Waals surface area contributed by atoms with Crippen molar-refractivity contribution in [3.05, 3.63) is 0 Å². The van der Waals surface area contributed by atoms with Crippen LogP contribution in [0.1, 0.15) is 322 Å². The molecule has 80 heavy (non-hydrogen) atoms. The SMILES string of the molecule is CCCCCCCCCCCCCCCCCCCCCCCCCCCCCCCCC(=O)N[C@@H](CO[C@@H]1O[C@H](CO)[C@@H](O[C@@H]2O[C@H](CO)[C@H](O)C(O)C2O)C(O)C1O)[C@H](O)CCCCCCCCCCCCCCCCCC. The lowest BCUT2D eigenvalue weighted by Crippen LogP contribution is -2.65. The van der Waals surface area contributed by atoms with E-state index in [2.05, 4.69) is 19.2 Å². The number of aliphatic hydroxyl groups excluding tert-OH is 8. The molecule has 0 radical (unpaired) electrons. The van der Waals surface area contributed by atoms with E-state index in [0.29, 0.717) is 12.8 Å². The Kier molecular flexibility index (Phi) is 49.1. The van der Waals surface area contributed by atoms with Crippen LogP contribution < -0.4 is 5.32 Å². The molecule has 0 bridgehead atoms. The van der Waals surface area contributed by atoms with Crippen LogP contribution in [0, 0.1) is 0 Å². The number of amides is 1. The average molecular weight is 1140 g/mol. The molecule has 2 heterocycles. The van der Waals surface area contributed by atoms with Crippen molar-refractivity contribution in [1.82, 2.24) is 5.32 Å². The highest BCUT2D eigenvalue weighted by Gasteiger charge is 2.51. The largest absolute Gasteiger partial charge is 0.394 e. The Morgan fingerprint density at radius 3 is 1.06 bits per heavy atom. The minimum Gasteiger partial charge on any atom is -0.394 e. The molecule has 9 N–H and O–H groups in total. The van der Waals surface area contributed by atoms with Crippen LogP contribution in [0.2, 0.25) is 0 Å². The summed E-state index contributed by atoms with van der Waals surface area (Å²) < 4.78 is 22.9. The zero-order valence-electron chi connectivity index (χ0n) is 51.6. The predicted octanol–water partition coefficient (Wildman–Crippen LogP) is 13.2. The number of carbonyl (C=O) groups excluding carboxylic acids is 1. The summed E-state index contributed by atoms with van der Waals surface area (Å²) in [6.45, 7) is 2.92. The lowest BCUT2D eigenvalue weighted by molar-refractivity contribution is -0.359. The van der Waals surface area contributed by atoms with Gasteiger partial charge in [-0.2, -0.15) is 0 Å². The van der Waals surface area contributed by atoms with E-state index in [-0.39, 0.29) is 12.5 Å². The summed E-state index contributed by atoms with van der Waals surface area (Å²) in [6, 6.07) is -0.823. The van der Waals surface area contributed by atoms with Crippen LogP contribution in [0.15, 0.2) is 0 Å². The third kappa shape index (κ3) is 36.7. The quantitative estimate of drug-likeness (QED) is 0.0259. The maximum absolute atomic E-state index is 13.3. The molecule has 2 fully saturated rings. The van der Waals surface area contributed by atoms with Gasteiger partial charge in [0.2, 0.25) is 5.91 Å². The summed E-state index contributed by atoms with van der Waals surface area (Å²) >= 11 is 0. The van der Waals surface area contributed by atoms with Crippen LogP contribution in [-0.2, 0) is 23.7 Å². The highest BCUT2D eigenvalue weighted by molar-refractivity contribution is 5.76. The van der Waals surface area contributed by atoms with Gasteiger partial charge in [0.1, 0.15) is 48.8 Å². The fourth-order valence-electron chi connectivity index (χ4n) is 11.8. The molecule has 1 amide bonds. The highest BCUT2D eigenvalue weighted by atomic mass is 16.7. The van der Waals surface area contributed by atoms with E-state index in [0.717, 1.165) is 51.4 Å². The Morgan fingerprint density at radius 1 is 0.400 bits per heavy atom. The van der Waals surface area contributed by atoms with Gasteiger partial charge in [-0.25, -0.2) is 0 Å². The van der Waals surface area contributed by atoms with Crippen molar-refractivity contribution in [3.8, 4) is 0 Å². The molecule has 4 unspecified atom stereocenters. The molecular formula is C66H129NO13. The van der Waals surface area contributed by atoms with Crippen LogP contribution in [0.4, 0.5) is 0 Å². The number of rotatable bonds is 57. The van der Waals surface area contributed by atoms with E-state index in [1.807, 2.05) is 0 Å². The maximum atomic E-state index is 13.3. The monoisotopic (exact) mass is 1140 g/mol. The Morgan fingerprint density at radius 2 is 0.713 bits per heavy atom. The van der Waals surface area contributed by atoms with E-state index in [4.69, 9.17) is 18.9 Å². The Labute approximate surface area is 489 Å². The first kappa shape index (κ1) is 75.1. The van der Waals surface area contributed by atoms with Gasteiger partial charge in [-0.1, -0.05) is 303 Å². The summed E-state index contributed by atoms with van der Waals surface area (Å²) in [7, 11) is 0. The molecule has 0 aromatic heterocycles. The molecule has 2 rings (SSSR count). The first-order valence-electron chi connectivity index (χ1n) is 34.3. The van der Waals surface area contributed by atoms with Crippen molar-refractivity contribution >= 4 is 5.91 Å². The van der Waals surface area contributed by atoms with E-state index >= 15 is 0 Å². The third-order valence-corrected chi connectivity index (χ3v) is 17.3. The standard InChI is InChI=1S/C66H129NO13/c1-3-5-7-9-11-13-15-17-19-21-22-23-24-25-26-27-28-29-30-31-32-33-34-36-38-40-42-44-46-48-50-58(71)67-54(55(70)49-47-45-43-41-39-37-35-20-18-16-14-12-10-8-6-4-2)53-77-65-63(76)61(74)64(57(52-69)79-65)80-66-62(75)60(73)59(72)56(51-68)78-66/h54-57,59-66,68-70,72-76H,3-53H2,1-2H3,(H,67,71)/t54-,55+,56+,57+,59-,60?,61?,62?,63?,64+,65+,66-/m0/s1. The van der Waals surface area contributed by atoms with Crippen molar-refractivity contribution in [3.63, 3.8) is 0 Å². The zero-order valence-corrected chi connectivity index (χ0v) is 51.6. The van der Waals surface area contributed by atoms with Crippen molar-refractivity contribution in [2.45, 2.75) is 396 Å². The second kappa shape index (κ2) is 52.3. The smallest absolute Gasteiger partial charge is 0.220 e. The molecular weight excluding hydrogens is 1010 g/mol. The van der Waals surface area contributed by atoms with Gasteiger partial charge in [0.05, 0.1) is 32.0 Å². The Bertz CT molecular complexity index is 1350. The number of aliphatic hydroxyl groups is 8. The van der Waals surface area contributed by atoms with Crippen molar-refractivity contribution in [2.75, 3.05) is 19.8 Å². The molecule has 12 atom stereocenters. The van der Waals surface area contributed by atoms with Crippen molar-refractivity contribution in [2.24, 2.45) is 0 Å². The number of hydrogen-bond acceptors (Lipinski definition) is 13. The molecule has 0 aromatic carbocycles. The Hall–Kier alpha value is -1.01. The third-order valence-electron chi connectivity index (χ3n) is 17.3. The summed E-state index contributed by atoms with van der Waals surface area (Å²) in [5.74, 6) is -0.198. The molecule has 14 nitrogen and oxygen atoms in total. The first-order chi connectivity index (χ1) is 39.1. The van der Waals surface area contributed by atoms with Gasteiger partial charge in [-0.3, -0.25) is 4.79 Å². The predicted molar refractivity (Wildman–Crippen MR) is 323 cm³/mol. The topological polar surface area (TPSA) is 228 Å². The molecule has 476 valence electrons. The van der Waals surface area contributed by atoms with Gasteiger partial charge in [-0.05, 0) is 12.8 Å². The fourth-order valence-corrected chi connectivity index (χ4v) is 11.8. The molecule has 0 aromatic rings. The molecule has 2 saturated heterocycles. The summed E-state index contributed by atoms with van der Waals surface area (Å²) in [4.78, 5) is 13.3. The minimum absolute atomic E-state index is 0.198. The van der Waals surface area contributed by atoms with Crippen LogP contribution >= 0.6 is 0 Å². The summed E-state index contributed by atoms with van der Waals surface area (Å²) in [5.41, 5.74) is 0. The van der Waals surface area contributed by atoms with Crippen LogP contribution in [0.25, 0.3) is 0 Å². The Balaban J connectivity index is 1.63. The lowest BCUT2D eigenvalue weighted by atomic mass is 9.97. The van der Waals surface area contributed by atoms with E-state index in [1.165, 1.54) is 244 Å². The fraction of sp³-hybridized carbons (Fsp3) is 0.985. The van der Waals surface area contributed by atoms with Gasteiger partial charge in [-0.15, -0.1) is 0 Å². The second-order valence-electron chi connectivity index (χ2n) is 24.7. The number of nitrogens with one attached hydrogen (secondary N) is 1. The second-order valence-corrected chi connectivity index (χ2v) is 24.7.